The van der Waals surface area contributed by atoms with Crippen LogP contribution in [0.5, 0.6) is 0 Å². The highest BCUT2D eigenvalue weighted by atomic mass is 32.1. The summed E-state index contributed by atoms with van der Waals surface area (Å²) in [6, 6.07) is 0. The number of hydrogen-bond acceptors (Lipinski definition) is 6. The molecule has 7 heteroatoms. The van der Waals surface area contributed by atoms with Crippen LogP contribution in [0.3, 0.4) is 0 Å². The lowest BCUT2D eigenvalue weighted by molar-refractivity contribution is 0.0521. The minimum absolute atomic E-state index is 0.155. The van der Waals surface area contributed by atoms with Crippen LogP contribution in [0.1, 0.15) is 23.1 Å². The second-order valence-electron chi connectivity index (χ2n) is 3.31. The average molecular weight is 252 g/mol. The monoisotopic (exact) mass is 252 g/mol. The van der Waals surface area contributed by atoms with Crippen LogP contribution in [0.15, 0.2) is 17.2 Å². The van der Waals surface area contributed by atoms with Gasteiger partial charge in [0.1, 0.15) is 5.82 Å². The van der Waals surface area contributed by atoms with Gasteiger partial charge in [0.15, 0.2) is 5.69 Å². The number of ether oxygens (including phenoxy) is 1. The Kier molecular flexibility index (Phi) is 3.38. The van der Waals surface area contributed by atoms with E-state index in [1.54, 1.807) is 17.0 Å². The SMILES string of the molecule is CCOC(=O)c1ncn(Cc2cscn2)c1N. The molecule has 0 aliphatic rings. The number of carbonyl (C=O) groups is 1. The average Bonchev–Trinajstić information content (AvgIpc) is 2.91. The molecule has 0 fully saturated rings. The molecule has 0 atom stereocenters. The fourth-order valence-electron chi connectivity index (χ4n) is 1.36. The first-order valence-corrected chi connectivity index (χ1v) is 6.01. The molecule has 0 amide bonds. The third-order valence-electron chi connectivity index (χ3n) is 2.16. The predicted molar refractivity (Wildman–Crippen MR) is 63.8 cm³/mol. The van der Waals surface area contributed by atoms with Crippen LogP contribution in [0.25, 0.3) is 0 Å². The Hall–Kier alpha value is -1.89. The molecule has 0 saturated carbocycles. The zero-order valence-corrected chi connectivity index (χ0v) is 10.1. The number of esters is 1. The molecule has 0 radical (unpaired) electrons. The zero-order chi connectivity index (χ0) is 12.3. The second kappa shape index (κ2) is 4.96. The van der Waals surface area contributed by atoms with E-state index in [0.717, 1.165) is 5.69 Å². The maximum absolute atomic E-state index is 11.5. The molecule has 0 aliphatic carbocycles. The van der Waals surface area contributed by atoms with Gasteiger partial charge >= 0.3 is 5.97 Å². The molecule has 2 N–H and O–H groups in total. The summed E-state index contributed by atoms with van der Waals surface area (Å²) in [7, 11) is 0. The van der Waals surface area contributed by atoms with Crippen molar-refractivity contribution in [2.45, 2.75) is 13.5 Å². The number of nitrogen functional groups attached to an aromatic ring is 1. The third-order valence-corrected chi connectivity index (χ3v) is 2.80. The van der Waals surface area contributed by atoms with Crippen molar-refractivity contribution in [3.63, 3.8) is 0 Å². The zero-order valence-electron chi connectivity index (χ0n) is 9.29. The molecular weight excluding hydrogens is 240 g/mol. The van der Waals surface area contributed by atoms with Gasteiger partial charge in [-0.3, -0.25) is 0 Å². The second-order valence-corrected chi connectivity index (χ2v) is 4.03. The Morgan fingerprint density at radius 3 is 3.06 bits per heavy atom. The summed E-state index contributed by atoms with van der Waals surface area (Å²) in [5.41, 5.74) is 8.61. The van der Waals surface area contributed by atoms with E-state index in [1.807, 2.05) is 5.38 Å². The van der Waals surface area contributed by atoms with E-state index in [-0.39, 0.29) is 5.69 Å². The molecule has 2 aromatic heterocycles. The summed E-state index contributed by atoms with van der Waals surface area (Å²) in [4.78, 5) is 19.6. The van der Waals surface area contributed by atoms with Crippen molar-refractivity contribution in [3.05, 3.63) is 28.6 Å². The van der Waals surface area contributed by atoms with E-state index >= 15 is 0 Å². The quantitative estimate of drug-likeness (QED) is 0.825. The van der Waals surface area contributed by atoms with E-state index in [2.05, 4.69) is 9.97 Å². The molecule has 17 heavy (non-hydrogen) atoms. The van der Waals surface area contributed by atoms with Gasteiger partial charge in [-0.25, -0.2) is 14.8 Å². The number of thiazole rings is 1. The van der Waals surface area contributed by atoms with Crippen molar-refractivity contribution in [3.8, 4) is 0 Å². The standard InChI is InChI=1S/C10H12N4O2S/c1-2-16-10(15)8-9(11)14(5-12-8)3-7-4-17-6-13-7/h4-6H,2-3,11H2,1H3. The maximum atomic E-state index is 11.5. The molecule has 2 rings (SSSR count). The van der Waals surface area contributed by atoms with Gasteiger partial charge in [0.2, 0.25) is 0 Å². The first kappa shape index (κ1) is 11.6. The van der Waals surface area contributed by atoms with Gasteiger partial charge in [-0.1, -0.05) is 0 Å². The van der Waals surface area contributed by atoms with Crippen molar-refractivity contribution in [2.75, 3.05) is 12.3 Å². The number of imidazole rings is 1. The third kappa shape index (κ3) is 2.44. The molecular formula is C10H12N4O2S. The fraction of sp³-hybridized carbons (Fsp3) is 0.300. The lowest BCUT2D eigenvalue weighted by atomic mass is 10.4. The summed E-state index contributed by atoms with van der Waals surface area (Å²) >= 11 is 1.51. The number of hydrogen-bond donors (Lipinski definition) is 1. The van der Waals surface area contributed by atoms with Crippen LogP contribution >= 0.6 is 11.3 Å². The van der Waals surface area contributed by atoms with Crippen LogP contribution in [0.2, 0.25) is 0 Å². The topological polar surface area (TPSA) is 83.0 Å². The Labute approximate surface area is 102 Å². The van der Waals surface area contributed by atoms with E-state index in [4.69, 9.17) is 10.5 Å². The number of aromatic nitrogens is 3. The first-order valence-electron chi connectivity index (χ1n) is 5.07. The number of rotatable bonds is 4. The smallest absolute Gasteiger partial charge is 0.360 e. The Bertz CT molecular complexity index is 506. The van der Waals surface area contributed by atoms with Crippen LogP contribution in [0.4, 0.5) is 5.82 Å². The van der Waals surface area contributed by atoms with E-state index in [1.165, 1.54) is 17.7 Å². The van der Waals surface area contributed by atoms with Crippen LogP contribution < -0.4 is 5.73 Å². The molecule has 6 nitrogen and oxygen atoms in total. The number of carbonyl (C=O) groups excluding carboxylic acids is 1. The molecule has 0 aromatic carbocycles. The van der Waals surface area contributed by atoms with Crippen molar-refractivity contribution >= 4 is 23.1 Å². The minimum atomic E-state index is -0.498. The van der Waals surface area contributed by atoms with Gasteiger partial charge < -0.3 is 15.0 Å². The lowest BCUT2D eigenvalue weighted by Gasteiger charge is -2.03. The van der Waals surface area contributed by atoms with Crippen LogP contribution in [-0.2, 0) is 11.3 Å². The molecule has 90 valence electrons. The van der Waals surface area contributed by atoms with E-state index < -0.39 is 5.97 Å². The summed E-state index contributed by atoms with van der Waals surface area (Å²) < 4.78 is 6.52. The Morgan fingerprint density at radius 1 is 1.59 bits per heavy atom. The minimum Gasteiger partial charge on any atom is -0.461 e. The number of anilines is 1. The van der Waals surface area contributed by atoms with E-state index in [0.29, 0.717) is 19.0 Å². The van der Waals surface area contributed by atoms with Gasteiger partial charge in [-0.2, -0.15) is 0 Å². The Morgan fingerprint density at radius 2 is 2.41 bits per heavy atom. The van der Waals surface area contributed by atoms with Crippen molar-refractivity contribution < 1.29 is 9.53 Å². The highest BCUT2D eigenvalue weighted by molar-refractivity contribution is 7.07. The molecule has 2 aromatic rings. The molecule has 0 bridgehead atoms. The predicted octanol–water partition coefficient (Wildman–Crippen LogP) is 1.15. The summed E-state index contributed by atoms with van der Waals surface area (Å²) in [6.07, 6.45) is 1.51. The molecule has 0 aliphatic heterocycles. The van der Waals surface area contributed by atoms with Crippen molar-refractivity contribution in [1.29, 1.82) is 0 Å². The highest BCUT2D eigenvalue weighted by Crippen LogP contribution is 2.13. The molecule has 2 heterocycles. The van der Waals surface area contributed by atoms with Gasteiger partial charge in [0, 0.05) is 5.38 Å². The fourth-order valence-corrected chi connectivity index (χ4v) is 1.91. The molecule has 0 spiro atoms. The molecule has 0 saturated heterocycles. The summed E-state index contributed by atoms with van der Waals surface area (Å²) in [5, 5.41) is 1.92. The van der Waals surface area contributed by atoms with Gasteiger partial charge in [-0.05, 0) is 6.92 Å². The largest absolute Gasteiger partial charge is 0.461 e. The number of nitrogens with zero attached hydrogens (tertiary/aromatic N) is 3. The van der Waals surface area contributed by atoms with E-state index in [9.17, 15) is 4.79 Å². The highest BCUT2D eigenvalue weighted by Gasteiger charge is 2.16. The summed E-state index contributed by atoms with van der Waals surface area (Å²) in [5.74, 6) is -0.196. The molecule has 0 unspecified atom stereocenters. The lowest BCUT2D eigenvalue weighted by Crippen LogP contribution is -2.10. The Balaban J connectivity index is 2.18. The maximum Gasteiger partial charge on any atom is 0.360 e. The van der Waals surface area contributed by atoms with Gasteiger partial charge in [0.05, 0.1) is 30.7 Å². The van der Waals surface area contributed by atoms with Crippen LogP contribution in [0, 0.1) is 0 Å². The van der Waals surface area contributed by atoms with Gasteiger partial charge in [0.25, 0.3) is 0 Å². The van der Waals surface area contributed by atoms with Crippen molar-refractivity contribution in [1.82, 2.24) is 14.5 Å². The number of nitrogens with two attached hydrogens (primary N) is 1. The first-order chi connectivity index (χ1) is 8.22. The summed E-state index contributed by atoms with van der Waals surface area (Å²) in [6.45, 7) is 2.54. The van der Waals surface area contributed by atoms with Gasteiger partial charge in [-0.15, -0.1) is 11.3 Å². The normalized spacial score (nSPS) is 10.4. The van der Waals surface area contributed by atoms with Crippen LogP contribution in [-0.4, -0.2) is 27.1 Å². The van der Waals surface area contributed by atoms with Crippen molar-refractivity contribution in [2.24, 2.45) is 0 Å².